The first-order valence-electron chi connectivity index (χ1n) is 8.31. The van der Waals surface area contributed by atoms with E-state index in [1.165, 1.54) is 12.1 Å². The Morgan fingerprint density at radius 1 is 1.03 bits per heavy atom. The summed E-state index contributed by atoms with van der Waals surface area (Å²) in [7, 11) is 0. The van der Waals surface area contributed by atoms with E-state index in [0.29, 0.717) is 15.7 Å². The average Bonchev–Trinajstić information content (AvgIpc) is 3.17. The number of amides is 2. The second-order valence-electron chi connectivity index (χ2n) is 5.78. The van der Waals surface area contributed by atoms with E-state index in [9.17, 15) is 19.7 Å². The molecule has 8 nitrogen and oxygen atoms in total. The van der Waals surface area contributed by atoms with E-state index in [2.05, 4.69) is 26.6 Å². The van der Waals surface area contributed by atoms with Crippen LogP contribution in [0.4, 0.5) is 11.6 Å². The molecule has 0 saturated carbocycles. The van der Waals surface area contributed by atoms with Gasteiger partial charge in [-0.15, -0.1) is 0 Å². The predicted octanol–water partition coefficient (Wildman–Crippen LogP) is 4.36. The Kier molecular flexibility index (Phi) is 6.20. The summed E-state index contributed by atoms with van der Waals surface area (Å²) in [5, 5.41) is 16.0. The maximum Gasteiger partial charge on any atom is 0.433 e. The van der Waals surface area contributed by atoms with Crippen molar-refractivity contribution in [2.75, 3.05) is 5.32 Å². The van der Waals surface area contributed by atoms with E-state index >= 15 is 0 Å². The third-order valence-corrected chi connectivity index (χ3v) is 4.18. The summed E-state index contributed by atoms with van der Waals surface area (Å²) in [5.41, 5.74) is 0.705. The lowest BCUT2D eigenvalue weighted by Crippen LogP contribution is -2.30. The molecule has 2 N–H and O–H groups in total. The van der Waals surface area contributed by atoms with Crippen LogP contribution in [0, 0.1) is 10.1 Å². The first-order chi connectivity index (χ1) is 13.9. The van der Waals surface area contributed by atoms with Crippen LogP contribution in [0.3, 0.4) is 0 Å². The van der Waals surface area contributed by atoms with Gasteiger partial charge in [0.15, 0.2) is 0 Å². The Bertz CT molecular complexity index is 1090. The summed E-state index contributed by atoms with van der Waals surface area (Å²) in [6.45, 7) is 0. The number of nitro groups is 1. The molecule has 0 fully saturated rings. The number of carbonyl (C=O) groups excluding carboxylic acids is 2. The van der Waals surface area contributed by atoms with Crippen molar-refractivity contribution in [2.24, 2.45) is 0 Å². The number of nitrogens with zero attached hydrogens (tertiary/aromatic N) is 1. The van der Waals surface area contributed by atoms with Crippen LogP contribution in [0.15, 0.2) is 81.3 Å². The molecule has 0 unspecified atom stereocenters. The lowest BCUT2D eigenvalue weighted by Gasteiger charge is -2.11. The van der Waals surface area contributed by atoms with Crippen LogP contribution in [-0.2, 0) is 4.79 Å². The van der Waals surface area contributed by atoms with Crippen LogP contribution < -0.4 is 10.6 Å². The first kappa shape index (κ1) is 20.0. The Hall–Kier alpha value is -3.72. The zero-order valence-electron chi connectivity index (χ0n) is 14.8. The van der Waals surface area contributed by atoms with Gasteiger partial charge < -0.3 is 15.1 Å². The second kappa shape index (κ2) is 8.98. The van der Waals surface area contributed by atoms with Gasteiger partial charge in [0.05, 0.1) is 6.07 Å². The molecule has 0 aliphatic rings. The molecule has 0 saturated heterocycles. The van der Waals surface area contributed by atoms with Crippen LogP contribution in [0.25, 0.3) is 6.08 Å². The lowest BCUT2D eigenvalue weighted by atomic mass is 10.2. The minimum absolute atomic E-state index is 0.0458. The zero-order valence-corrected chi connectivity index (χ0v) is 16.4. The summed E-state index contributed by atoms with van der Waals surface area (Å²) >= 11 is 3.29. The third kappa shape index (κ3) is 5.39. The maximum absolute atomic E-state index is 12.7. The molecule has 146 valence electrons. The Labute approximate surface area is 173 Å². The quantitative estimate of drug-likeness (QED) is 0.325. The highest BCUT2D eigenvalue weighted by atomic mass is 79.9. The molecule has 1 aromatic heterocycles. The van der Waals surface area contributed by atoms with Gasteiger partial charge in [-0.3, -0.25) is 19.7 Å². The predicted molar refractivity (Wildman–Crippen MR) is 110 cm³/mol. The van der Waals surface area contributed by atoms with E-state index in [4.69, 9.17) is 4.42 Å². The zero-order chi connectivity index (χ0) is 20.8. The minimum atomic E-state index is -0.693. The molecule has 0 aliphatic carbocycles. The summed E-state index contributed by atoms with van der Waals surface area (Å²) < 4.78 is 5.77. The number of nitrogens with one attached hydrogen (secondary N) is 2. The monoisotopic (exact) mass is 455 g/mol. The van der Waals surface area contributed by atoms with Crippen LogP contribution in [0.2, 0.25) is 0 Å². The molecular formula is C20H14BrN3O5. The maximum atomic E-state index is 12.7. The fraction of sp³-hybridized carbons (Fsp3) is 0. The molecule has 0 atom stereocenters. The van der Waals surface area contributed by atoms with Crippen molar-refractivity contribution in [1.29, 1.82) is 0 Å². The molecule has 2 aromatic carbocycles. The Morgan fingerprint density at radius 3 is 2.45 bits per heavy atom. The molecule has 1 heterocycles. The van der Waals surface area contributed by atoms with Crippen molar-refractivity contribution in [1.82, 2.24) is 5.32 Å². The molecule has 29 heavy (non-hydrogen) atoms. The SMILES string of the molecule is O=C(Nc1ccccc1)C(=Cc1ccc([N+](=O)[O-])o1)NC(=O)c1cccc(Br)c1. The molecule has 0 bridgehead atoms. The number of anilines is 1. The molecular weight excluding hydrogens is 442 g/mol. The van der Waals surface area contributed by atoms with Gasteiger partial charge >= 0.3 is 5.88 Å². The molecule has 3 aromatic rings. The number of halogens is 1. The molecule has 0 aliphatic heterocycles. The highest BCUT2D eigenvalue weighted by molar-refractivity contribution is 9.10. The van der Waals surface area contributed by atoms with E-state index in [1.54, 1.807) is 54.6 Å². The smallest absolute Gasteiger partial charge is 0.401 e. The highest BCUT2D eigenvalue weighted by Crippen LogP contribution is 2.19. The average molecular weight is 456 g/mol. The van der Waals surface area contributed by atoms with E-state index in [0.717, 1.165) is 6.07 Å². The van der Waals surface area contributed by atoms with Gasteiger partial charge in [0.25, 0.3) is 11.8 Å². The van der Waals surface area contributed by atoms with Gasteiger partial charge in [-0.05, 0) is 36.4 Å². The van der Waals surface area contributed by atoms with Crippen LogP contribution in [-0.4, -0.2) is 16.7 Å². The van der Waals surface area contributed by atoms with Crippen molar-refractivity contribution < 1.29 is 18.9 Å². The van der Waals surface area contributed by atoms with Gasteiger partial charge in [0.2, 0.25) is 0 Å². The number of furan rings is 1. The normalized spacial score (nSPS) is 11.0. The molecule has 2 amide bonds. The number of carbonyl (C=O) groups is 2. The largest absolute Gasteiger partial charge is 0.433 e. The van der Waals surface area contributed by atoms with Crippen LogP contribution in [0.1, 0.15) is 16.1 Å². The number of rotatable bonds is 6. The number of para-hydroxylation sites is 1. The van der Waals surface area contributed by atoms with E-state index in [1.807, 2.05) is 0 Å². The van der Waals surface area contributed by atoms with Crippen molar-refractivity contribution in [2.45, 2.75) is 0 Å². The van der Waals surface area contributed by atoms with Gasteiger partial charge in [-0.25, -0.2) is 0 Å². The van der Waals surface area contributed by atoms with Crippen LogP contribution in [0.5, 0.6) is 0 Å². The second-order valence-corrected chi connectivity index (χ2v) is 6.69. The lowest BCUT2D eigenvalue weighted by molar-refractivity contribution is -0.402. The van der Waals surface area contributed by atoms with Gasteiger partial charge in [-0.2, -0.15) is 0 Å². The van der Waals surface area contributed by atoms with Crippen LogP contribution >= 0.6 is 15.9 Å². The minimum Gasteiger partial charge on any atom is -0.401 e. The van der Waals surface area contributed by atoms with Gasteiger partial charge in [0.1, 0.15) is 16.4 Å². The summed E-state index contributed by atoms with van der Waals surface area (Å²) in [6, 6.07) is 17.8. The Morgan fingerprint density at radius 2 is 1.79 bits per heavy atom. The van der Waals surface area contributed by atoms with Gasteiger partial charge in [-0.1, -0.05) is 40.2 Å². The summed E-state index contributed by atoms with van der Waals surface area (Å²) in [5.74, 6) is -1.57. The number of benzene rings is 2. The highest BCUT2D eigenvalue weighted by Gasteiger charge is 2.17. The van der Waals surface area contributed by atoms with E-state index < -0.39 is 22.6 Å². The summed E-state index contributed by atoms with van der Waals surface area (Å²) in [4.78, 5) is 35.4. The summed E-state index contributed by atoms with van der Waals surface area (Å²) in [6.07, 6.45) is 1.22. The first-order valence-corrected chi connectivity index (χ1v) is 9.11. The van der Waals surface area contributed by atoms with Gasteiger partial charge in [0, 0.05) is 21.8 Å². The standard InChI is InChI=1S/C20H14BrN3O5/c21-14-6-4-5-13(11-14)19(25)23-17(12-16-9-10-18(29-16)24(27)28)20(26)22-15-7-2-1-3-8-15/h1-12H,(H,22,26)(H,23,25). The third-order valence-electron chi connectivity index (χ3n) is 3.69. The molecule has 0 spiro atoms. The van der Waals surface area contributed by atoms with E-state index in [-0.39, 0.29) is 11.5 Å². The number of hydrogen-bond acceptors (Lipinski definition) is 5. The molecule has 9 heteroatoms. The molecule has 0 radical (unpaired) electrons. The van der Waals surface area contributed by atoms with Crippen molar-refractivity contribution in [3.63, 3.8) is 0 Å². The van der Waals surface area contributed by atoms with Crippen molar-refractivity contribution in [3.05, 3.63) is 98.3 Å². The fourth-order valence-corrected chi connectivity index (χ4v) is 2.76. The number of hydrogen-bond donors (Lipinski definition) is 2. The Balaban J connectivity index is 1.89. The van der Waals surface area contributed by atoms with Crippen molar-refractivity contribution in [3.8, 4) is 0 Å². The molecule has 3 rings (SSSR count). The fourth-order valence-electron chi connectivity index (χ4n) is 2.36. The van der Waals surface area contributed by atoms with Crippen molar-refractivity contribution >= 4 is 45.4 Å². The topological polar surface area (TPSA) is 114 Å².